The average Bonchev–Trinajstić information content (AvgIpc) is 3.13. The van der Waals surface area contributed by atoms with E-state index in [0.29, 0.717) is 31.2 Å². The summed E-state index contributed by atoms with van der Waals surface area (Å²) in [5, 5.41) is 12.9. The number of nitrogens with two attached hydrogens (primary N) is 1. The molecule has 1 aliphatic carbocycles. The number of Topliss-reactive ketones (excluding diaryl/α,β-unsaturated/α-hetero) is 1. The molecule has 14 nitrogen and oxygen atoms in total. The Bertz CT molecular complexity index is 1560. The zero-order chi connectivity index (χ0) is 39.0. The number of ether oxygens (including phenoxy) is 1. The van der Waals surface area contributed by atoms with Crippen LogP contribution in [-0.4, -0.2) is 71.7 Å². The van der Waals surface area contributed by atoms with Crippen molar-refractivity contribution in [3.05, 3.63) is 71.8 Å². The summed E-state index contributed by atoms with van der Waals surface area (Å²) in [5.41, 5.74) is 6.03. The number of carbonyl (C=O) groups is 7. The number of carbonyl (C=O) groups excluding carboxylic acids is 7. The van der Waals surface area contributed by atoms with Crippen molar-refractivity contribution in [1.29, 1.82) is 0 Å². The Morgan fingerprint density at radius 2 is 1.38 bits per heavy atom. The first-order valence-corrected chi connectivity index (χ1v) is 18.3. The van der Waals surface area contributed by atoms with Crippen LogP contribution in [0.3, 0.4) is 0 Å². The number of hydrogen-bond acceptors (Lipinski definition) is 8. The van der Waals surface area contributed by atoms with E-state index in [-0.39, 0.29) is 18.8 Å². The van der Waals surface area contributed by atoms with Crippen molar-refractivity contribution in [3.63, 3.8) is 0 Å². The van der Waals surface area contributed by atoms with Gasteiger partial charge in [0.2, 0.25) is 29.4 Å². The van der Waals surface area contributed by atoms with Gasteiger partial charge in [0.1, 0.15) is 23.7 Å². The lowest BCUT2D eigenvalue weighted by atomic mass is 9.83. The van der Waals surface area contributed by atoms with Crippen LogP contribution in [0.15, 0.2) is 60.7 Å². The Labute approximate surface area is 311 Å². The van der Waals surface area contributed by atoms with Gasteiger partial charge in [-0.25, -0.2) is 4.79 Å². The molecule has 4 atom stereocenters. The first-order valence-electron chi connectivity index (χ1n) is 18.3. The van der Waals surface area contributed by atoms with Crippen molar-refractivity contribution in [1.82, 2.24) is 26.6 Å². The number of rotatable bonds is 18. The second-order valence-corrected chi connectivity index (χ2v) is 14.3. The van der Waals surface area contributed by atoms with Gasteiger partial charge in [-0.1, -0.05) is 93.3 Å². The maximum atomic E-state index is 13.9. The van der Waals surface area contributed by atoms with E-state index in [1.807, 2.05) is 30.3 Å². The smallest absolute Gasteiger partial charge is 0.408 e. The Kier molecular flexibility index (Phi) is 16.5. The molecular formula is C39H54N6O8. The van der Waals surface area contributed by atoms with Gasteiger partial charge in [-0.15, -0.1) is 0 Å². The second-order valence-electron chi connectivity index (χ2n) is 14.3. The number of amides is 6. The summed E-state index contributed by atoms with van der Waals surface area (Å²) < 4.78 is 5.45. The van der Waals surface area contributed by atoms with Crippen molar-refractivity contribution in [2.45, 2.75) is 115 Å². The zero-order valence-corrected chi connectivity index (χ0v) is 31.1. The molecule has 0 aliphatic heterocycles. The van der Waals surface area contributed by atoms with Gasteiger partial charge in [-0.2, -0.15) is 0 Å². The van der Waals surface area contributed by atoms with Crippen LogP contribution in [0.25, 0.3) is 0 Å². The minimum Gasteiger partial charge on any atom is -0.444 e. The van der Waals surface area contributed by atoms with Crippen LogP contribution in [0.1, 0.15) is 96.2 Å². The quantitative estimate of drug-likeness (QED) is 0.125. The molecule has 2 aromatic carbocycles. The molecule has 0 heterocycles. The van der Waals surface area contributed by atoms with Crippen molar-refractivity contribution >= 4 is 41.4 Å². The van der Waals surface area contributed by atoms with E-state index in [1.54, 1.807) is 58.0 Å². The third-order valence-corrected chi connectivity index (χ3v) is 8.84. The van der Waals surface area contributed by atoms with E-state index in [2.05, 4.69) is 26.6 Å². The highest BCUT2D eigenvalue weighted by Crippen LogP contribution is 2.27. The molecule has 53 heavy (non-hydrogen) atoms. The fourth-order valence-electron chi connectivity index (χ4n) is 6.20. The van der Waals surface area contributed by atoms with Crippen molar-refractivity contribution in [2.75, 3.05) is 6.54 Å². The molecule has 3 rings (SSSR count). The topological polar surface area (TPSA) is 215 Å². The van der Waals surface area contributed by atoms with E-state index in [9.17, 15) is 33.6 Å². The number of aryl methyl sites for hydroxylation is 1. The molecule has 14 heteroatoms. The van der Waals surface area contributed by atoms with Crippen LogP contribution in [0, 0.1) is 5.92 Å². The molecule has 0 bridgehead atoms. The highest BCUT2D eigenvalue weighted by Gasteiger charge is 2.36. The van der Waals surface area contributed by atoms with E-state index in [1.165, 1.54) is 0 Å². The highest BCUT2D eigenvalue weighted by molar-refractivity contribution is 6.38. The fourth-order valence-corrected chi connectivity index (χ4v) is 6.20. The largest absolute Gasteiger partial charge is 0.444 e. The summed E-state index contributed by atoms with van der Waals surface area (Å²) in [7, 11) is 0. The maximum Gasteiger partial charge on any atom is 0.408 e. The lowest BCUT2D eigenvalue weighted by molar-refractivity contribution is -0.141. The Morgan fingerprint density at radius 3 is 1.96 bits per heavy atom. The minimum absolute atomic E-state index is 0.103. The lowest BCUT2D eigenvalue weighted by Crippen LogP contribution is -2.58. The van der Waals surface area contributed by atoms with Crippen LogP contribution >= 0.6 is 0 Å². The lowest BCUT2D eigenvalue weighted by Gasteiger charge is -2.32. The SMILES string of the molecule is CCCC(NC(=O)[C@H](CCc1ccccc1)NC(=O)[C@@H](NC(=O)OC(C)(C)C)C1CCCCC1)C(=O)C(=O)NCC(=O)N[C@H](C(N)=O)c1ccccc1. The summed E-state index contributed by atoms with van der Waals surface area (Å²) in [6.45, 7) is 6.32. The summed E-state index contributed by atoms with van der Waals surface area (Å²) >= 11 is 0. The molecule has 1 aliphatic rings. The molecule has 2 aromatic rings. The third-order valence-electron chi connectivity index (χ3n) is 8.84. The molecule has 0 saturated heterocycles. The minimum atomic E-state index is -1.26. The first-order chi connectivity index (χ1) is 25.2. The maximum absolute atomic E-state index is 13.9. The van der Waals surface area contributed by atoms with Crippen molar-refractivity contribution in [3.8, 4) is 0 Å². The molecule has 6 amide bonds. The van der Waals surface area contributed by atoms with Gasteiger partial charge in [-0.05, 0) is 69.9 Å². The van der Waals surface area contributed by atoms with Gasteiger partial charge in [0, 0.05) is 0 Å². The highest BCUT2D eigenvalue weighted by atomic mass is 16.6. The molecule has 0 spiro atoms. The van der Waals surface area contributed by atoms with Crippen LogP contribution in [0.4, 0.5) is 4.79 Å². The van der Waals surface area contributed by atoms with Gasteiger partial charge < -0.3 is 37.1 Å². The monoisotopic (exact) mass is 734 g/mol. The number of hydrogen-bond donors (Lipinski definition) is 6. The van der Waals surface area contributed by atoms with Crippen LogP contribution in [-0.2, 0) is 39.9 Å². The van der Waals surface area contributed by atoms with Gasteiger partial charge in [0.15, 0.2) is 0 Å². The molecule has 0 aromatic heterocycles. The number of nitrogens with one attached hydrogen (secondary N) is 5. The predicted molar refractivity (Wildman–Crippen MR) is 198 cm³/mol. The van der Waals surface area contributed by atoms with E-state index < -0.39 is 77.7 Å². The standard InChI is InChI=1S/C39H54N6O8/c1-5-15-28(33(47)37(51)41-24-30(46)44-31(34(40)48)26-18-11-7-12-19-26)42-35(49)29(23-22-25-16-9-6-10-17-25)43-36(50)32(27-20-13-8-14-21-27)45-38(52)53-39(2,3)4/h6-7,9-12,16-19,27-29,31-32H,5,8,13-15,20-24H2,1-4H3,(H2,40,48)(H,41,51)(H,42,49)(H,43,50)(H,44,46)(H,45,52)/t28?,29-,31-,32-/m0/s1. The molecule has 288 valence electrons. The summed E-state index contributed by atoms with van der Waals surface area (Å²) in [4.78, 5) is 91.5. The fraction of sp³-hybridized carbons (Fsp3) is 0.513. The van der Waals surface area contributed by atoms with Crippen molar-refractivity contribution < 1.29 is 38.3 Å². The third kappa shape index (κ3) is 14.3. The molecule has 1 unspecified atom stereocenters. The Hall–Kier alpha value is -5.27. The van der Waals surface area contributed by atoms with Gasteiger partial charge >= 0.3 is 6.09 Å². The average molecular weight is 735 g/mol. The molecular weight excluding hydrogens is 680 g/mol. The summed E-state index contributed by atoms with van der Waals surface area (Å²) in [6.07, 6.45) is 4.58. The van der Waals surface area contributed by atoms with Gasteiger partial charge in [0.05, 0.1) is 12.6 Å². The second kappa shape index (κ2) is 20.7. The van der Waals surface area contributed by atoms with Crippen LogP contribution in [0.2, 0.25) is 0 Å². The predicted octanol–water partition coefficient (Wildman–Crippen LogP) is 2.89. The van der Waals surface area contributed by atoms with Crippen LogP contribution in [0.5, 0.6) is 0 Å². The number of primary amides is 1. The Morgan fingerprint density at radius 1 is 0.774 bits per heavy atom. The summed E-state index contributed by atoms with van der Waals surface area (Å²) in [6, 6.07) is 13.2. The number of benzene rings is 2. The van der Waals surface area contributed by atoms with E-state index >= 15 is 0 Å². The Balaban J connectivity index is 1.73. The molecule has 1 fully saturated rings. The number of alkyl carbamates (subject to hydrolysis) is 1. The van der Waals surface area contributed by atoms with Crippen LogP contribution < -0.4 is 32.3 Å². The number of ketones is 1. The van der Waals surface area contributed by atoms with Gasteiger partial charge in [-0.3, -0.25) is 28.8 Å². The molecule has 7 N–H and O–H groups in total. The normalized spacial score (nSPS) is 15.4. The summed E-state index contributed by atoms with van der Waals surface area (Å²) in [5.74, 6) is -5.07. The molecule has 0 radical (unpaired) electrons. The zero-order valence-electron chi connectivity index (χ0n) is 31.1. The van der Waals surface area contributed by atoms with E-state index in [4.69, 9.17) is 10.5 Å². The van der Waals surface area contributed by atoms with Gasteiger partial charge in [0.25, 0.3) is 5.91 Å². The van der Waals surface area contributed by atoms with Crippen molar-refractivity contribution in [2.24, 2.45) is 11.7 Å². The molecule has 1 saturated carbocycles. The first kappa shape index (κ1) is 42.1. The van der Waals surface area contributed by atoms with E-state index in [0.717, 1.165) is 24.8 Å².